The molecule has 1 aliphatic carbocycles. The van der Waals surface area contributed by atoms with Gasteiger partial charge in [-0.2, -0.15) is 5.10 Å². The highest BCUT2D eigenvalue weighted by atomic mass is 16.3. The van der Waals surface area contributed by atoms with Crippen LogP contribution in [0.2, 0.25) is 0 Å². The number of aliphatic hydroxyl groups is 1. The van der Waals surface area contributed by atoms with Crippen molar-refractivity contribution in [1.29, 1.82) is 0 Å². The molecule has 0 bridgehead atoms. The molecule has 0 spiro atoms. The summed E-state index contributed by atoms with van der Waals surface area (Å²) in [6.07, 6.45) is 8.69. The van der Waals surface area contributed by atoms with Gasteiger partial charge >= 0.3 is 0 Å². The Kier molecular flexibility index (Phi) is 4.49. The number of hydrogen-bond donors (Lipinski definition) is 2. The van der Waals surface area contributed by atoms with E-state index in [0.29, 0.717) is 19.0 Å². The van der Waals surface area contributed by atoms with Gasteiger partial charge in [0.05, 0.1) is 23.8 Å². The number of nitrogens with zero attached hydrogens (tertiary/aromatic N) is 3. The van der Waals surface area contributed by atoms with Gasteiger partial charge < -0.3 is 10.8 Å². The molecule has 1 saturated heterocycles. The number of nitrogens with two attached hydrogens (primary N) is 1. The fourth-order valence-electron chi connectivity index (χ4n) is 3.87. The number of likely N-dealkylation sites (tertiary alicyclic amines) is 1. The van der Waals surface area contributed by atoms with Crippen molar-refractivity contribution in [3.63, 3.8) is 0 Å². The average Bonchev–Trinajstić information content (AvgIpc) is 3.07. The van der Waals surface area contributed by atoms with E-state index in [1.807, 2.05) is 0 Å². The lowest BCUT2D eigenvalue weighted by atomic mass is 9.89. The number of amides is 1. The maximum absolute atomic E-state index is 11.1. The molecule has 6 nitrogen and oxygen atoms in total. The molecule has 6 heteroatoms. The Morgan fingerprint density at radius 1 is 1.41 bits per heavy atom. The van der Waals surface area contributed by atoms with E-state index >= 15 is 0 Å². The molecular weight excluding hydrogens is 280 g/mol. The van der Waals surface area contributed by atoms with Crippen molar-refractivity contribution in [2.75, 3.05) is 13.1 Å². The van der Waals surface area contributed by atoms with E-state index in [2.05, 4.69) is 21.8 Å². The standard InChI is InChI=1S/C16H26N4O2/c17-15(21)10-16(22)7-3-8-19(12-16)11-13-6-9-20(18-13)14-4-1-2-5-14/h6,9,14,22H,1-5,7-8,10-12H2,(H2,17,21). The van der Waals surface area contributed by atoms with Gasteiger partial charge in [0.2, 0.25) is 5.91 Å². The van der Waals surface area contributed by atoms with Gasteiger partial charge in [-0.05, 0) is 38.3 Å². The maximum Gasteiger partial charge on any atom is 0.220 e. The van der Waals surface area contributed by atoms with Gasteiger partial charge in [0, 0.05) is 19.3 Å². The van der Waals surface area contributed by atoms with Crippen molar-refractivity contribution in [2.45, 2.75) is 63.1 Å². The summed E-state index contributed by atoms with van der Waals surface area (Å²) in [7, 11) is 0. The van der Waals surface area contributed by atoms with Gasteiger partial charge in [0.1, 0.15) is 0 Å². The first-order valence-electron chi connectivity index (χ1n) is 8.31. The third kappa shape index (κ3) is 3.67. The van der Waals surface area contributed by atoms with E-state index < -0.39 is 11.5 Å². The summed E-state index contributed by atoms with van der Waals surface area (Å²) in [5.41, 5.74) is 5.31. The summed E-state index contributed by atoms with van der Waals surface area (Å²) < 4.78 is 2.10. The predicted octanol–water partition coefficient (Wildman–Crippen LogP) is 1.20. The molecule has 0 radical (unpaired) electrons. The van der Waals surface area contributed by atoms with Crippen molar-refractivity contribution in [3.05, 3.63) is 18.0 Å². The monoisotopic (exact) mass is 306 g/mol. The second kappa shape index (κ2) is 6.38. The molecule has 1 aromatic heterocycles. The first kappa shape index (κ1) is 15.5. The Morgan fingerprint density at radius 3 is 2.91 bits per heavy atom. The number of aromatic nitrogens is 2. The lowest BCUT2D eigenvalue weighted by molar-refractivity contribution is -0.125. The maximum atomic E-state index is 11.1. The van der Waals surface area contributed by atoms with E-state index in [9.17, 15) is 9.90 Å². The van der Waals surface area contributed by atoms with E-state index in [4.69, 9.17) is 10.8 Å². The first-order chi connectivity index (χ1) is 10.5. The smallest absolute Gasteiger partial charge is 0.220 e. The normalized spacial score (nSPS) is 27.3. The molecule has 1 saturated carbocycles. The molecule has 1 unspecified atom stereocenters. The van der Waals surface area contributed by atoms with Crippen LogP contribution >= 0.6 is 0 Å². The summed E-state index contributed by atoms with van der Waals surface area (Å²) in [6.45, 7) is 2.14. The molecule has 3 rings (SSSR count). The van der Waals surface area contributed by atoms with Crippen LogP contribution in [-0.2, 0) is 11.3 Å². The van der Waals surface area contributed by atoms with Crippen LogP contribution < -0.4 is 5.73 Å². The van der Waals surface area contributed by atoms with E-state index in [1.165, 1.54) is 25.7 Å². The quantitative estimate of drug-likeness (QED) is 0.856. The molecule has 2 heterocycles. The minimum Gasteiger partial charge on any atom is -0.388 e. The average molecular weight is 306 g/mol. The molecule has 3 N–H and O–H groups in total. The minimum atomic E-state index is -0.974. The van der Waals surface area contributed by atoms with Crippen molar-refractivity contribution < 1.29 is 9.90 Å². The van der Waals surface area contributed by atoms with E-state index in [-0.39, 0.29) is 6.42 Å². The van der Waals surface area contributed by atoms with Gasteiger partial charge in [-0.3, -0.25) is 14.4 Å². The highest BCUT2D eigenvalue weighted by molar-refractivity contribution is 5.75. The van der Waals surface area contributed by atoms with E-state index in [0.717, 1.165) is 25.2 Å². The number of piperidine rings is 1. The number of rotatable bonds is 5. The summed E-state index contributed by atoms with van der Waals surface area (Å²) >= 11 is 0. The zero-order chi connectivity index (χ0) is 15.6. The zero-order valence-electron chi connectivity index (χ0n) is 13.1. The summed E-state index contributed by atoms with van der Waals surface area (Å²) in [6, 6.07) is 2.63. The van der Waals surface area contributed by atoms with Crippen LogP contribution in [0.25, 0.3) is 0 Å². The van der Waals surface area contributed by atoms with Gasteiger partial charge in [0.15, 0.2) is 0 Å². The molecule has 1 aromatic rings. The Balaban J connectivity index is 1.59. The molecule has 1 aliphatic heterocycles. The highest BCUT2D eigenvalue weighted by Gasteiger charge is 2.34. The fraction of sp³-hybridized carbons (Fsp3) is 0.750. The third-order valence-corrected chi connectivity index (χ3v) is 4.89. The molecule has 1 amide bonds. The fourth-order valence-corrected chi connectivity index (χ4v) is 3.87. The van der Waals surface area contributed by atoms with Crippen molar-refractivity contribution in [1.82, 2.24) is 14.7 Å². The van der Waals surface area contributed by atoms with Gasteiger partial charge in [-0.15, -0.1) is 0 Å². The number of β-amino-alcohol motifs (C(OH)–C–C–N with tert-alkyl or cyclic N) is 1. The Morgan fingerprint density at radius 2 is 2.18 bits per heavy atom. The van der Waals surface area contributed by atoms with Crippen LogP contribution in [0.15, 0.2) is 12.3 Å². The molecule has 2 aliphatic rings. The SMILES string of the molecule is NC(=O)CC1(O)CCCN(Cc2ccn(C3CCCC3)n2)C1. The second-order valence-electron chi connectivity index (χ2n) is 6.91. The summed E-state index contributed by atoms with van der Waals surface area (Å²) in [5, 5.41) is 15.2. The van der Waals surface area contributed by atoms with Crippen molar-refractivity contribution >= 4 is 5.91 Å². The summed E-state index contributed by atoms with van der Waals surface area (Å²) in [5.74, 6) is -0.435. The Bertz CT molecular complexity index is 524. The van der Waals surface area contributed by atoms with Crippen LogP contribution in [0, 0.1) is 0 Å². The van der Waals surface area contributed by atoms with Crippen molar-refractivity contribution in [2.24, 2.45) is 5.73 Å². The second-order valence-corrected chi connectivity index (χ2v) is 6.91. The van der Waals surface area contributed by atoms with Crippen LogP contribution in [0.5, 0.6) is 0 Å². The number of carbonyl (C=O) groups is 1. The van der Waals surface area contributed by atoms with Gasteiger partial charge in [-0.25, -0.2) is 0 Å². The largest absolute Gasteiger partial charge is 0.388 e. The van der Waals surface area contributed by atoms with Crippen molar-refractivity contribution in [3.8, 4) is 0 Å². The first-order valence-corrected chi connectivity index (χ1v) is 8.31. The molecule has 22 heavy (non-hydrogen) atoms. The van der Waals surface area contributed by atoms with Gasteiger partial charge in [-0.1, -0.05) is 12.8 Å². The van der Waals surface area contributed by atoms with Crippen LogP contribution in [0.1, 0.15) is 56.7 Å². The summed E-state index contributed by atoms with van der Waals surface area (Å²) in [4.78, 5) is 13.3. The predicted molar refractivity (Wildman–Crippen MR) is 83.0 cm³/mol. The topological polar surface area (TPSA) is 84.4 Å². The molecular formula is C16H26N4O2. The lowest BCUT2D eigenvalue weighted by Crippen LogP contribution is -2.49. The lowest BCUT2D eigenvalue weighted by Gasteiger charge is -2.38. The molecule has 0 aromatic carbocycles. The van der Waals surface area contributed by atoms with Crippen LogP contribution in [-0.4, -0.2) is 44.4 Å². The molecule has 2 fully saturated rings. The third-order valence-electron chi connectivity index (χ3n) is 4.89. The minimum absolute atomic E-state index is 0.0417. The van der Waals surface area contributed by atoms with Gasteiger partial charge in [0.25, 0.3) is 0 Å². The number of primary amides is 1. The highest BCUT2D eigenvalue weighted by Crippen LogP contribution is 2.29. The van der Waals surface area contributed by atoms with E-state index in [1.54, 1.807) is 0 Å². The van der Waals surface area contributed by atoms with Crippen LogP contribution in [0.4, 0.5) is 0 Å². The molecule has 1 atom stereocenters. The number of hydrogen-bond acceptors (Lipinski definition) is 4. The van der Waals surface area contributed by atoms with Crippen LogP contribution in [0.3, 0.4) is 0 Å². The number of carbonyl (C=O) groups excluding carboxylic acids is 1. The zero-order valence-corrected chi connectivity index (χ0v) is 13.1. The molecule has 122 valence electrons. The Hall–Kier alpha value is -1.40. The Labute approximate surface area is 131 Å².